The highest BCUT2D eigenvalue weighted by Crippen LogP contribution is 2.28. The highest BCUT2D eigenvalue weighted by atomic mass is 16.5. The minimum absolute atomic E-state index is 0.680. The molecule has 0 amide bonds. The fraction of sp³-hybridized carbons (Fsp3) is 0.133. The molecule has 1 aromatic heterocycles. The van der Waals surface area contributed by atoms with Crippen molar-refractivity contribution in [2.45, 2.75) is 6.92 Å². The molecule has 0 spiro atoms. The average Bonchev–Trinajstić information content (AvgIpc) is 2.85. The van der Waals surface area contributed by atoms with Crippen molar-refractivity contribution in [2.75, 3.05) is 12.8 Å². The van der Waals surface area contributed by atoms with E-state index in [0.29, 0.717) is 5.69 Å². The van der Waals surface area contributed by atoms with E-state index < -0.39 is 0 Å². The average molecular weight is 253 g/mol. The van der Waals surface area contributed by atoms with E-state index >= 15 is 0 Å². The van der Waals surface area contributed by atoms with Crippen LogP contribution in [0.2, 0.25) is 0 Å². The van der Waals surface area contributed by atoms with E-state index in [0.717, 1.165) is 33.7 Å². The Morgan fingerprint density at radius 1 is 1.21 bits per heavy atom. The van der Waals surface area contributed by atoms with Crippen molar-refractivity contribution in [1.82, 2.24) is 9.97 Å². The number of fused-ring (bicyclic) bond motifs is 1. The van der Waals surface area contributed by atoms with Crippen molar-refractivity contribution in [3.05, 3.63) is 42.0 Å². The molecule has 0 saturated carbocycles. The molecule has 2 aromatic carbocycles. The summed E-state index contributed by atoms with van der Waals surface area (Å²) >= 11 is 0. The van der Waals surface area contributed by atoms with Gasteiger partial charge in [-0.15, -0.1) is 0 Å². The number of imidazole rings is 1. The van der Waals surface area contributed by atoms with E-state index in [-0.39, 0.29) is 0 Å². The summed E-state index contributed by atoms with van der Waals surface area (Å²) in [4.78, 5) is 7.83. The highest BCUT2D eigenvalue weighted by Gasteiger charge is 2.09. The number of hydrogen-bond acceptors (Lipinski definition) is 3. The SMILES string of the molecule is COc1cc(-c2nc3c(N)cccc3[nH]2)ccc1C. The molecule has 19 heavy (non-hydrogen) atoms. The smallest absolute Gasteiger partial charge is 0.138 e. The number of anilines is 1. The zero-order valence-electron chi connectivity index (χ0n) is 10.9. The molecule has 1 heterocycles. The van der Waals surface area contributed by atoms with E-state index in [2.05, 4.69) is 9.97 Å². The first kappa shape index (κ1) is 11.6. The second-order valence-electron chi connectivity index (χ2n) is 4.51. The monoisotopic (exact) mass is 253 g/mol. The molecule has 0 saturated heterocycles. The number of nitrogens with zero attached hydrogens (tertiary/aromatic N) is 1. The Balaban J connectivity index is 2.16. The van der Waals surface area contributed by atoms with Crippen LogP contribution in [0.15, 0.2) is 36.4 Å². The molecule has 3 rings (SSSR count). The third-order valence-corrected chi connectivity index (χ3v) is 3.23. The summed E-state index contributed by atoms with van der Waals surface area (Å²) in [6.07, 6.45) is 0. The minimum Gasteiger partial charge on any atom is -0.496 e. The Bertz CT molecular complexity index is 746. The zero-order chi connectivity index (χ0) is 13.4. The first-order valence-electron chi connectivity index (χ1n) is 6.08. The molecular weight excluding hydrogens is 238 g/mol. The number of benzene rings is 2. The number of nitrogens with two attached hydrogens (primary N) is 1. The predicted molar refractivity (Wildman–Crippen MR) is 77.2 cm³/mol. The van der Waals surface area contributed by atoms with E-state index in [1.54, 1.807) is 7.11 Å². The number of aryl methyl sites for hydroxylation is 1. The molecular formula is C15H15N3O. The summed E-state index contributed by atoms with van der Waals surface area (Å²) in [7, 11) is 1.67. The Labute approximate surface area is 111 Å². The van der Waals surface area contributed by atoms with Gasteiger partial charge in [0.15, 0.2) is 0 Å². The fourth-order valence-electron chi connectivity index (χ4n) is 2.16. The van der Waals surface area contributed by atoms with Gasteiger partial charge >= 0.3 is 0 Å². The summed E-state index contributed by atoms with van der Waals surface area (Å²) in [5.41, 5.74) is 10.4. The molecule has 0 aliphatic rings. The van der Waals surface area contributed by atoms with Crippen LogP contribution in [0.5, 0.6) is 5.75 Å². The van der Waals surface area contributed by atoms with Crippen LogP contribution in [-0.2, 0) is 0 Å². The standard InChI is InChI=1S/C15H15N3O/c1-9-6-7-10(8-13(9)19-2)15-17-12-5-3-4-11(16)14(12)18-15/h3-8H,16H2,1-2H3,(H,17,18). The first-order chi connectivity index (χ1) is 9.19. The normalized spacial score (nSPS) is 10.8. The number of hydrogen-bond donors (Lipinski definition) is 2. The molecule has 0 unspecified atom stereocenters. The third kappa shape index (κ3) is 1.91. The zero-order valence-corrected chi connectivity index (χ0v) is 10.9. The Morgan fingerprint density at radius 3 is 2.79 bits per heavy atom. The quantitative estimate of drug-likeness (QED) is 0.690. The molecule has 4 nitrogen and oxygen atoms in total. The van der Waals surface area contributed by atoms with Gasteiger partial charge in [-0.05, 0) is 30.7 Å². The van der Waals surface area contributed by atoms with Gasteiger partial charge in [-0.1, -0.05) is 18.2 Å². The third-order valence-electron chi connectivity index (χ3n) is 3.23. The number of ether oxygens (including phenoxy) is 1. The fourth-order valence-corrected chi connectivity index (χ4v) is 2.16. The van der Waals surface area contributed by atoms with Crippen LogP contribution in [0.25, 0.3) is 22.4 Å². The van der Waals surface area contributed by atoms with E-state index in [9.17, 15) is 0 Å². The lowest BCUT2D eigenvalue weighted by Crippen LogP contribution is -1.89. The summed E-state index contributed by atoms with van der Waals surface area (Å²) in [6.45, 7) is 2.01. The van der Waals surface area contributed by atoms with Crippen LogP contribution in [0.1, 0.15) is 5.56 Å². The Kier molecular flexibility index (Phi) is 2.63. The number of rotatable bonds is 2. The second kappa shape index (κ2) is 4.31. The lowest BCUT2D eigenvalue weighted by Gasteiger charge is -2.05. The maximum atomic E-state index is 5.92. The molecule has 0 fully saturated rings. The van der Waals surface area contributed by atoms with E-state index in [1.165, 1.54) is 0 Å². The van der Waals surface area contributed by atoms with Gasteiger partial charge in [0, 0.05) is 5.56 Å². The highest BCUT2D eigenvalue weighted by molar-refractivity contribution is 5.89. The summed E-state index contributed by atoms with van der Waals surface area (Å²) in [5.74, 6) is 1.65. The summed E-state index contributed by atoms with van der Waals surface area (Å²) < 4.78 is 5.34. The van der Waals surface area contributed by atoms with Crippen LogP contribution >= 0.6 is 0 Å². The van der Waals surface area contributed by atoms with Gasteiger partial charge in [0.05, 0.1) is 18.3 Å². The molecule has 0 atom stereocenters. The van der Waals surface area contributed by atoms with Crippen LogP contribution in [0.3, 0.4) is 0 Å². The molecule has 0 aliphatic heterocycles. The topological polar surface area (TPSA) is 63.9 Å². The van der Waals surface area contributed by atoms with Crippen molar-refractivity contribution in [1.29, 1.82) is 0 Å². The number of aromatic amines is 1. The van der Waals surface area contributed by atoms with Crippen LogP contribution < -0.4 is 10.5 Å². The maximum absolute atomic E-state index is 5.92. The van der Waals surface area contributed by atoms with Crippen molar-refractivity contribution in [3.8, 4) is 17.1 Å². The molecule has 3 N–H and O–H groups in total. The van der Waals surface area contributed by atoms with Crippen molar-refractivity contribution in [3.63, 3.8) is 0 Å². The molecule has 3 aromatic rings. The number of nitrogen functional groups attached to an aromatic ring is 1. The lowest BCUT2D eigenvalue weighted by molar-refractivity contribution is 0.412. The maximum Gasteiger partial charge on any atom is 0.138 e. The molecule has 96 valence electrons. The van der Waals surface area contributed by atoms with Gasteiger partial charge in [-0.3, -0.25) is 0 Å². The van der Waals surface area contributed by atoms with E-state index in [4.69, 9.17) is 10.5 Å². The molecule has 4 heteroatoms. The predicted octanol–water partition coefficient (Wildman–Crippen LogP) is 3.13. The van der Waals surface area contributed by atoms with Crippen LogP contribution in [-0.4, -0.2) is 17.1 Å². The lowest BCUT2D eigenvalue weighted by atomic mass is 10.1. The number of para-hydroxylation sites is 1. The van der Waals surface area contributed by atoms with Crippen molar-refractivity contribution >= 4 is 16.7 Å². The Hall–Kier alpha value is -2.49. The number of aromatic nitrogens is 2. The van der Waals surface area contributed by atoms with E-state index in [1.807, 2.05) is 43.3 Å². The van der Waals surface area contributed by atoms with Crippen LogP contribution in [0, 0.1) is 6.92 Å². The minimum atomic E-state index is 0.680. The van der Waals surface area contributed by atoms with Gasteiger partial charge in [-0.25, -0.2) is 4.98 Å². The largest absolute Gasteiger partial charge is 0.496 e. The summed E-state index contributed by atoms with van der Waals surface area (Å²) in [6, 6.07) is 11.7. The molecule has 0 radical (unpaired) electrons. The van der Waals surface area contributed by atoms with Gasteiger partial charge in [0.2, 0.25) is 0 Å². The number of nitrogens with one attached hydrogen (secondary N) is 1. The van der Waals surface area contributed by atoms with Crippen LogP contribution in [0.4, 0.5) is 5.69 Å². The van der Waals surface area contributed by atoms with Gasteiger partial charge < -0.3 is 15.5 Å². The second-order valence-corrected chi connectivity index (χ2v) is 4.51. The van der Waals surface area contributed by atoms with Crippen molar-refractivity contribution < 1.29 is 4.74 Å². The Morgan fingerprint density at radius 2 is 2.05 bits per heavy atom. The van der Waals surface area contributed by atoms with Gasteiger partial charge in [0.1, 0.15) is 17.1 Å². The molecule has 0 bridgehead atoms. The number of H-pyrrole nitrogens is 1. The number of methoxy groups -OCH3 is 1. The molecule has 0 aliphatic carbocycles. The summed E-state index contributed by atoms with van der Waals surface area (Å²) in [5, 5.41) is 0. The van der Waals surface area contributed by atoms with Crippen molar-refractivity contribution in [2.24, 2.45) is 0 Å². The van der Waals surface area contributed by atoms with Gasteiger partial charge in [-0.2, -0.15) is 0 Å². The van der Waals surface area contributed by atoms with Gasteiger partial charge in [0.25, 0.3) is 0 Å². The first-order valence-corrected chi connectivity index (χ1v) is 6.08.